The summed E-state index contributed by atoms with van der Waals surface area (Å²) in [6.07, 6.45) is 1.10. The highest BCUT2D eigenvalue weighted by molar-refractivity contribution is 5.83. The SMILES string of the molecule is O=C(C(O)c1cccc(-c2ccccc2)c1)N1CCc2nc(C3(c4ccccc4)CC3)[nH]c(=O)c2C1. The first-order valence-corrected chi connectivity index (χ1v) is 12.4. The Bertz CT molecular complexity index is 1480. The lowest BCUT2D eigenvalue weighted by Gasteiger charge is -2.30. The maximum absolute atomic E-state index is 13.2. The highest BCUT2D eigenvalue weighted by Crippen LogP contribution is 2.51. The molecular weight excluding hydrogens is 450 g/mol. The van der Waals surface area contributed by atoms with Crippen LogP contribution in [0.5, 0.6) is 0 Å². The van der Waals surface area contributed by atoms with Gasteiger partial charge in [-0.1, -0.05) is 78.9 Å². The van der Waals surface area contributed by atoms with E-state index in [1.807, 2.05) is 66.7 Å². The minimum absolute atomic E-state index is 0.143. The number of carbonyl (C=O) groups excluding carboxylic acids is 1. The Kier molecular flexibility index (Phi) is 5.53. The largest absolute Gasteiger partial charge is 0.378 e. The van der Waals surface area contributed by atoms with E-state index < -0.39 is 12.0 Å². The fourth-order valence-electron chi connectivity index (χ4n) is 5.22. The van der Waals surface area contributed by atoms with Crippen LogP contribution in [0.3, 0.4) is 0 Å². The molecule has 2 N–H and O–H groups in total. The highest BCUT2D eigenvalue weighted by atomic mass is 16.3. The zero-order chi connectivity index (χ0) is 24.7. The summed E-state index contributed by atoms with van der Waals surface area (Å²) in [6, 6.07) is 27.4. The van der Waals surface area contributed by atoms with E-state index in [-0.39, 0.29) is 17.5 Å². The molecule has 2 heterocycles. The van der Waals surface area contributed by atoms with E-state index in [4.69, 9.17) is 4.98 Å². The summed E-state index contributed by atoms with van der Waals surface area (Å²) in [4.78, 5) is 35.8. The Morgan fingerprint density at radius 3 is 2.36 bits per heavy atom. The molecule has 6 nitrogen and oxygen atoms in total. The molecule has 180 valence electrons. The van der Waals surface area contributed by atoms with E-state index in [0.29, 0.717) is 24.1 Å². The summed E-state index contributed by atoms with van der Waals surface area (Å²) in [6.45, 7) is 0.556. The predicted octanol–water partition coefficient (Wildman–Crippen LogP) is 4.14. The third-order valence-corrected chi connectivity index (χ3v) is 7.45. The number of H-pyrrole nitrogens is 1. The fourth-order valence-corrected chi connectivity index (χ4v) is 5.22. The highest BCUT2D eigenvalue weighted by Gasteiger charge is 2.48. The monoisotopic (exact) mass is 477 g/mol. The molecule has 1 aromatic heterocycles. The lowest BCUT2D eigenvalue weighted by Crippen LogP contribution is -2.42. The Morgan fingerprint density at radius 1 is 0.944 bits per heavy atom. The topological polar surface area (TPSA) is 86.3 Å². The fraction of sp³-hybridized carbons (Fsp3) is 0.233. The Balaban J connectivity index is 1.23. The molecule has 6 heteroatoms. The van der Waals surface area contributed by atoms with E-state index in [9.17, 15) is 14.7 Å². The third-order valence-electron chi connectivity index (χ3n) is 7.45. The number of hydrogen-bond acceptors (Lipinski definition) is 4. The van der Waals surface area contributed by atoms with Gasteiger partial charge in [-0.15, -0.1) is 0 Å². The smallest absolute Gasteiger partial charge is 0.256 e. The predicted molar refractivity (Wildman–Crippen MR) is 137 cm³/mol. The molecule has 36 heavy (non-hydrogen) atoms. The number of aliphatic hydroxyl groups is 1. The molecule has 1 atom stereocenters. The lowest BCUT2D eigenvalue weighted by molar-refractivity contribution is -0.141. The molecule has 3 aromatic carbocycles. The average Bonchev–Trinajstić information content (AvgIpc) is 3.75. The second kappa shape index (κ2) is 8.88. The van der Waals surface area contributed by atoms with Crippen LogP contribution in [0.1, 0.15) is 47.2 Å². The first-order chi connectivity index (χ1) is 17.5. The number of fused-ring (bicyclic) bond motifs is 1. The van der Waals surface area contributed by atoms with Crippen molar-refractivity contribution in [1.82, 2.24) is 14.9 Å². The standard InChI is InChI=1S/C30H27N3O3/c34-26(22-11-7-10-21(18-22)20-8-3-1-4-9-20)28(36)33-17-14-25-24(19-33)27(35)32-29(31-25)30(15-16-30)23-12-5-2-6-13-23/h1-13,18,26,34H,14-17,19H2,(H,31,32,35). The summed E-state index contributed by atoms with van der Waals surface area (Å²) in [5.41, 5.74) is 4.49. The number of aliphatic hydroxyl groups excluding tert-OH is 1. The minimum atomic E-state index is -1.30. The molecule has 1 saturated carbocycles. The molecule has 1 unspecified atom stereocenters. The van der Waals surface area contributed by atoms with Gasteiger partial charge in [0.15, 0.2) is 6.10 Å². The van der Waals surface area contributed by atoms with Crippen molar-refractivity contribution in [2.24, 2.45) is 0 Å². The van der Waals surface area contributed by atoms with Crippen LogP contribution in [0.4, 0.5) is 0 Å². The molecule has 4 aromatic rings. The van der Waals surface area contributed by atoms with Gasteiger partial charge in [-0.05, 0) is 41.2 Å². The number of aromatic amines is 1. The van der Waals surface area contributed by atoms with Crippen molar-refractivity contribution in [3.8, 4) is 11.1 Å². The van der Waals surface area contributed by atoms with Gasteiger partial charge < -0.3 is 15.0 Å². The Morgan fingerprint density at radius 2 is 1.64 bits per heavy atom. The van der Waals surface area contributed by atoms with Gasteiger partial charge in [-0.2, -0.15) is 0 Å². The molecule has 2 aliphatic rings. The van der Waals surface area contributed by atoms with E-state index in [1.165, 1.54) is 5.56 Å². The van der Waals surface area contributed by atoms with Crippen LogP contribution in [-0.2, 0) is 23.2 Å². The van der Waals surface area contributed by atoms with Crippen LogP contribution in [0.15, 0.2) is 89.7 Å². The zero-order valence-electron chi connectivity index (χ0n) is 19.9. The van der Waals surface area contributed by atoms with Crippen molar-refractivity contribution in [2.75, 3.05) is 6.54 Å². The maximum atomic E-state index is 13.2. The number of carbonyl (C=O) groups is 1. The van der Waals surface area contributed by atoms with Gasteiger partial charge in [0.2, 0.25) is 0 Å². The van der Waals surface area contributed by atoms with Crippen molar-refractivity contribution in [3.63, 3.8) is 0 Å². The molecule has 1 aliphatic heterocycles. The molecule has 0 radical (unpaired) electrons. The van der Waals surface area contributed by atoms with Crippen LogP contribution in [-0.4, -0.2) is 32.4 Å². The summed E-state index contributed by atoms with van der Waals surface area (Å²) in [7, 11) is 0. The summed E-state index contributed by atoms with van der Waals surface area (Å²) in [5, 5.41) is 10.9. The number of rotatable bonds is 5. The number of nitrogens with one attached hydrogen (secondary N) is 1. The Hall–Kier alpha value is -4.03. The summed E-state index contributed by atoms with van der Waals surface area (Å²) in [5.74, 6) is 0.312. The van der Waals surface area contributed by atoms with Crippen molar-refractivity contribution < 1.29 is 9.90 Å². The van der Waals surface area contributed by atoms with E-state index in [0.717, 1.165) is 35.5 Å². The number of benzene rings is 3. The number of nitrogens with zero attached hydrogens (tertiary/aromatic N) is 2. The van der Waals surface area contributed by atoms with Gasteiger partial charge in [0.25, 0.3) is 11.5 Å². The third kappa shape index (κ3) is 3.93. The normalized spacial score (nSPS) is 16.8. The van der Waals surface area contributed by atoms with Crippen LogP contribution in [0.2, 0.25) is 0 Å². The summed E-state index contributed by atoms with van der Waals surface area (Å²) >= 11 is 0. The van der Waals surface area contributed by atoms with E-state index in [1.54, 1.807) is 11.0 Å². The van der Waals surface area contributed by atoms with Crippen LogP contribution >= 0.6 is 0 Å². The van der Waals surface area contributed by atoms with Gasteiger partial charge in [0.1, 0.15) is 5.82 Å². The summed E-state index contributed by atoms with van der Waals surface area (Å²) < 4.78 is 0. The quantitative estimate of drug-likeness (QED) is 0.453. The van der Waals surface area contributed by atoms with Crippen LogP contribution < -0.4 is 5.56 Å². The first kappa shape index (κ1) is 22.4. The van der Waals surface area contributed by atoms with E-state index >= 15 is 0 Å². The van der Waals surface area contributed by atoms with Crippen molar-refractivity contribution in [2.45, 2.75) is 37.3 Å². The van der Waals surface area contributed by atoms with Gasteiger partial charge >= 0.3 is 0 Å². The molecule has 1 aliphatic carbocycles. The van der Waals surface area contributed by atoms with E-state index in [2.05, 4.69) is 17.1 Å². The maximum Gasteiger partial charge on any atom is 0.256 e. The molecule has 1 amide bonds. The number of hydrogen-bond donors (Lipinski definition) is 2. The van der Waals surface area contributed by atoms with Gasteiger partial charge in [-0.25, -0.2) is 4.98 Å². The van der Waals surface area contributed by atoms with Crippen molar-refractivity contribution in [3.05, 3.63) is 123 Å². The molecule has 6 rings (SSSR count). The van der Waals surface area contributed by atoms with Crippen LogP contribution in [0, 0.1) is 0 Å². The molecule has 0 bridgehead atoms. The molecule has 1 fully saturated rings. The van der Waals surface area contributed by atoms with Gasteiger partial charge in [0, 0.05) is 13.0 Å². The van der Waals surface area contributed by atoms with Gasteiger partial charge in [-0.3, -0.25) is 9.59 Å². The molecule has 0 saturated heterocycles. The average molecular weight is 478 g/mol. The molecule has 0 spiro atoms. The second-order valence-electron chi connectivity index (χ2n) is 9.69. The zero-order valence-corrected chi connectivity index (χ0v) is 19.9. The minimum Gasteiger partial charge on any atom is -0.378 e. The first-order valence-electron chi connectivity index (χ1n) is 12.4. The van der Waals surface area contributed by atoms with Gasteiger partial charge in [0.05, 0.1) is 23.2 Å². The lowest BCUT2D eigenvalue weighted by atomic mass is 9.94. The van der Waals surface area contributed by atoms with Crippen molar-refractivity contribution >= 4 is 5.91 Å². The number of amides is 1. The van der Waals surface area contributed by atoms with Crippen molar-refractivity contribution in [1.29, 1.82) is 0 Å². The second-order valence-corrected chi connectivity index (χ2v) is 9.69. The van der Waals surface area contributed by atoms with Crippen LogP contribution in [0.25, 0.3) is 11.1 Å². The Labute approximate surface area is 209 Å². The molecular formula is C30H27N3O3. The number of aromatic nitrogens is 2.